The molecule has 0 spiro atoms. The third kappa shape index (κ3) is 2.00. The fraction of sp³-hybridized carbons (Fsp3) is 0. The summed E-state index contributed by atoms with van der Waals surface area (Å²) in [5.41, 5.74) is -0.536. The van der Waals surface area contributed by atoms with E-state index in [1.807, 2.05) is 0 Å². The van der Waals surface area contributed by atoms with Crippen molar-refractivity contribution in [1.29, 1.82) is 0 Å². The lowest BCUT2D eigenvalue weighted by Gasteiger charge is -2.04. The van der Waals surface area contributed by atoms with Crippen LogP contribution in [0.2, 0.25) is 0 Å². The molecule has 0 saturated heterocycles. The van der Waals surface area contributed by atoms with Crippen LogP contribution in [0.3, 0.4) is 0 Å². The second kappa shape index (κ2) is 4.40. The van der Waals surface area contributed by atoms with Gasteiger partial charge in [0.05, 0.1) is 4.92 Å². The van der Waals surface area contributed by atoms with Gasteiger partial charge < -0.3 is 5.11 Å². The Bertz CT molecular complexity index is 629. The van der Waals surface area contributed by atoms with Crippen LogP contribution in [-0.2, 0) is 0 Å². The van der Waals surface area contributed by atoms with Crippen molar-refractivity contribution in [2.75, 3.05) is 0 Å². The normalized spacial score (nSPS) is 10.3. The summed E-state index contributed by atoms with van der Waals surface area (Å²) in [6.45, 7) is 0. The fourth-order valence-corrected chi connectivity index (χ4v) is 1.56. The van der Waals surface area contributed by atoms with Gasteiger partial charge in [-0.3, -0.25) is 10.1 Å². The second-order valence-electron chi connectivity index (χ2n) is 3.56. The predicted octanol–water partition coefficient (Wildman–Crippen LogP) is 3.25. The van der Waals surface area contributed by atoms with Gasteiger partial charge in [-0.25, -0.2) is 8.78 Å². The number of nitro benzene ring substituents is 1. The summed E-state index contributed by atoms with van der Waals surface area (Å²) in [6.07, 6.45) is 0. The van der Waals surface area contributed by atoms with E-state index in [0.717, 1.165) is 18.2 Å². The molecule has 0 fully saturated rings. The first-order valence-electron chi connectivity index (χ1n) is 4.92. The van der Waals surface area contributed by atoms with Crippen LogP contribution >= 0.6 is 0 Å². The Hall–Kier alpha value is -2.50. The van der Waals surface area contributed by atoms with E-state index in [-0.39, 0.29) is 11.1 Å². The van der Waals surface area contributed by atoms with Crippen LogP contribution < -0.4 is 0 Å². The predicted molar refractivity (Wildman–Crippen MR) is 60.1 cm³/mol. The van der Waals surface area contributed by atoms with Gasteiger partial charge in [-0.15, -0.1) is 0 Å². The fourth-order valence-electron chi connectivity index (χ4n) is 1.56. The highest BCUT2D eigenvalue weighted by molar-refractivity contribution is 5.69. The standard InChI is InChI=1S/C12H7F2NO3/c13-9-3-1-2-8(12(9)14)7-4-5-11(16)10(6-7)15(17)18/h1-6,16H. The Morgan fingerprint density at radius 1 is 1.17 bits per heavy atom. The lowest BCUT2D eigenvalue weighted by molar-refractivity contribution is -0.385. The quantitative estimate of drug-likeness (QED) is 0.658. The van der Waals surface area contributed by atoms with E-state index in [0.29, 0.717) is 0 Å². The van der Waals surface area contributed by atoms with E-state index in [2.05, 4.69) is 0 Å². The van der Waals surface area contributed by atoms with Crippen molar-refractivity contribution in [3.05, 3.63) is 58.1 Å². The first-order valence-corrected chi connectivity index (χ1v) is 4.92. The van der Waals surface area contributed by atoms with Crippen molar-refractivity contribution in [2.45, 2.75) is 0 Å². The maximum atomic E-state index is 13.5. The maximum absolute atomic E-state index is 13.5. The molecule has 0 heterocycles. The summed E-state index contributed by atoms with van der Waals surface area (Å²) in [6, 6.07) is 6.89. The first kappa shape index (κ1) is 12.0. The van der Waals surface area contributed by atoms with Gasteiger partial charge in [0.2, 0.25) is 0 Å². The molecule has 0 bridgehead atoms. The van der Waals surface area contributed by atoms with Crippen LogP contribution in [0.4, 0.5) is 14.5 Å². The average Bonchev–Trinajstić information content (AvgIpc) is 2.33. The summed E-state index contributed by atoms with van der Waals surface area (Å²) < 4.78 is 26.6. The molecule has 0 aliphatic rings. The number of benzene rings is 2. The molecule has 6 heteroatoms. The molecule has 4 nitrogen and oxygen atoms in total. The number of hydrogen-bond acceptors (Lipinski definition) is 3. The minimum atomic E-state index is -1.09. The highest BCUT2D eigenvalue weighted by Gasteiger charge is 2.17. The van der Waals surface area contributed by atoms with Crippen molar-refractivity contribution in [3.8, 4) is 16.9 Å². The molecule has 0 atom stereocenters. The van der Waals surface area contributed by atoms with Gasteiger partial charge in [0, 0.05) is 11.6 Å². The molecule has 0 aliphatic heterocycles. The van der Waals surface area contributed by atoms with Crippen LogP contribution in [0.15, 0.2) is 36.4 Å². The van der Waals surface area contributed by atoms with Crippen molar-refractivity contribution in [3.63, 3.8) is 0 Å². The van der Waals surface area contributed by atoms with Crippen LogP contribution in [0.1, 0.15) is 0 Å². The number of nitro groups is 1. The van der Waals surface area contributed by atoms with Crippen LogP contribution in [0.25, 0.3) is 11.1 Å². The summed E-state index contributed by atoms with van der Waals surface area (Å²) in [5.74, 6) is -2.65. The van der Waals surface area contributed by atoms with Gasteiger partial charge in [0.25, 0.3) is 0 Å². The summed E-state index contributed by atoms with van der Waals surface area (Å²) in [4.78, 5) is 9.84. The molecule has 0 unspecified atom stereocenters. The average molecular weight is 251 g/mol. The lowest BCUT2D eigenvalue weighted by atomic mass is 10.0. The molecular weight excluding hydrogens is 244 g/mol. The summed E-state index contributed by atoms with van der Waals surface area (Å²) in [5, 5.41) is 19.9. The van der Waals surface area contributed by atoms with Crippen LogP contribution in [0.5, 0.6) is 5.75 Å². The van der Waals surface area contributed by atoms with E-state index in [1.165, 1.54) is 18.2 Å². The number of hydrogen-bond donors (Lipinski definition) is 1. The molecule has 2 aromatic rings. The van der Waals surface area contributed by atoms with Gasteiger partial charge in [0.15, 0.2) is 17.4 Å². The number of nitrogens with zero attached hydrogens (tertiary/aromatic N) is 1. The molecule has 0 saturated carbocycles. The zero-order valence-corrected chi connectivity index (χ0v) is 8.93. The number of halogens is 2. The summed E-state index contributed by atoms with van der Waals surface area (Å²) in [7, 11) is 0. The van der Waals surface area contributed by atoms with Crippen molar-refractivity contribution < 1.29 is 18.8 Å². The molecular formula is C12H7F2NO3. The minimum Gasteiger partial charge on any atom is -0.502 e. The monoisotopic (exact) mass is 251 g/mol. The summed E-state index contributed by atoms with van der Waals surface area (Å²) >= 11 is 0. The third-order valence-electron chi connectivity index (χ3n) is 2.43. The largest absolute Gasteiger partial charge is 0.502 e. The molecule has 0 amide bonds. The zero-order chi connectivity index (χ0) is 13.3. The topological polar surface area (TPSA) is 63.4 Å². The number of phenols is 1. The van der Waals surface area contributed by atoms with E-state index >= 15 is 0 Å². The van der Waals surface area contributed by atoms with E-state index in [9.17, 15) is 24.0 Å². The molecule has 0 aliphatic carbocycles. The Balaban J connectivity index is 2.62. The molecule has 0 radical (unpaired) electrons. The Kier molecular flexibility index (Phi) is 2.93. The molecule has 92 valence electrons. The van der Waals surface area contributed by atoms with E-state index in [4.69, 9.17) is 0 Å². The second-order valence-corrected chi connectivity index (χ2v) is 3.56. The number of rotatable bonds is 2. The highest BCUT2D eigenvalue weighted by Crippen LogP contribution is 2.32. The van der Waals surface area contributed by atoms with Crippen LogP contribution in [0, 0.1) is 21.7 Å². The Morgan fingerprint density at radius 3 is 2.56 bits per heavy atom. The van der Waals surface area contributed by atoms with E-state index in [1.54, 1.807) is 0 Å². The van der Waals surface area contributed by atoms with Crippen molar-refractivity contribution >= 4 is 5.69 Å². The molecule has 2 aromatic carbocycles. The van der Waals surface area contributed by atoms with Gasteiger partial charge in [0.1, 0.15) is 0 Å². The number of aromatic hydroxyl groups is 1. The Labute approximate surface area is 100 Å². The Morgan fingerprint density at radius 2 is 1.89 bits per heavy atom. The molecule has 0 aromatic heterocycles. The maximum Gasteiger partial charge on any atom is 0.311 e. The third-order valence-corrected chi connectivity index (χ3v) is 2.43. The SMILES string of the molecule is O=[N+]([O-])c1cc(-c2cccc(F)c2F)ccc1O. The minimum absolute atomic E-state index is 0.0990. The van der Waals surface area contributed by atoms with Gasteiger partial charge in [-0.05, 0) is 17.7 Å². The highest BCUT2D eigenvalue weighted by atomic mass is 19.2. The molecule has 1 N–H and O–H groups in total. The smallest absolute Gasteiger partial charge is 0.311 e. The first-order chi connectivity index (χ1) is 8.50. The molecule has 2 rings (SSSR count). The van der Waals surface area contributed by atoms with Crippen molar-refractivity contribution in [2.24, 2.45) is 0 Å². The number of phenolic OH excluding ortho intramolecular Hbond substituents is 1. The van der Waals surface area contributed by atoms with Gasteiger partial charge >= 0.3 is 5.69 Å². The van der Waals surface area contributed by atoms with Crippen molar-refractivity contribution in [1.82, 2.24) is 0 Å². The van der Waals surface area contributed by atoms with Gasteiger partial charge in [-0.1, -0.05) is 18.2 Å². The van der Waals surface area contributed by atoms with E-state index < -0.39 is 28.0 Å². The van der Waals surface area contributed by atoms with Crippen LogP contribution in [-0.4, -0.2) is 10.0 Å². The van der Waals surface area contributed by atoms with Gasteiger partial charge in [-0.2, -0.15) is 0 Å². The molecule has 18 heavy (non-hydrogen) atoms. The lowest BCUT2D eigenvalue weighted by Crippen LogP contribution is -1.92. The zero-order valence-electron chi connectivity index (χ0n) is 8.93.